The largest absolute Gasteiger partial charge is 0.298 e. The smallest absolute Gasteiger partial charge is 0.258 e. The van der Waals surface area contributed by atoms with Gasteiger partial charge in [-0.3, -0.25) is 10.1 Å². The zero-order chi connectivity index (χ0) is 23.7. The number of benzene rings is 3. The molecule has 0 aliphatic heterocycles. The van der Waals surface area contributed by atoms with Crippen molar-refractivity contribution >= 4 is 33.3 Å². The monoisotopic (exact) mass is 463 g/mol. The van der Waals surface area contributed by atoms with Crippen LogP contribution in [-0.4, -0.2) is 15.9 Å². The molecular formula is C29H25N3OS. The normalized spacial score (nSPS) is 11.0. The van der Waals surface area contributed by atoms with Crippen LogP contribution in [0.1, 0.15) is 33.3 Å². The summed E-state index contributed by atoms with van der Waals surface area (Å²) in [5, 5.41) is 4.45. The Balaban J connectivity index is 1.50. The maximum absolute atomic E-state index is 13.4. The first-order valence-electron chi connectivity index (χ1n) is 11.4. The van der Waals surface area contributed by atoms with Gasteiger partial charge in [0, 0.05) is 21.4 Å². The van der Waals surface area contributed by atoms with Crippen LogP contribution < -0.4 is 5.32 Å². The van der Waals surface area contributed by atoms with Crippen molar-refractivity contribution in [3.8, 4) is 22.5 Å². The molecule has 5 aromatic rings. The number of fused-ring (bicyclic) bond motifs is 1. The molecule has 34 heavy (non-hydrogen) atoms. The van der Waals surface area contributed by atoms with E-state index in [1.807, 2.05) is 49.4 Å². The fraction of sp³-hybridized carbons (Fsp3) is 0.138. The molecule has 0 saturated heterocycles. The molecule has 0 saturated carbocycles. The summed E-state index contributed by atoms with van der Waals surface area (Å²) in [5.41, 5.74) is 7.55. The number of amides is 1. The lowest BCUT2D eigenvalue weighted by Gasteiger charge is -2.10. The number of pyridine rings is 1. The molecule has 1 N–H and O–H groups in total. The maximum Gasteiger partial charge on any atom is 0.258 e. The number of hydrogen-bond donors (Lipinski definition) is 1. The van der Waals surface area contributed by atoms with E-state index in [4.69, 9.17) is 9.97 Å². The highest BCUT2D eigenvalue weighted by Crippen LogP contribution is 2.32. The second kappa shape index (κ2) is 9.20. The Kier molecular flexibility index (Phi) is 5.95. The number of nitrogens with one attached hydrogen (secondary N) is 1. The number of carbonyl (C=O) groups excluding carboxylic acids is 1. The van der Waals surface area contributed by atoms with Gasteiger partial charge in [-0.15, -0.1) is 11.3 Å². The minimum atomic E-state index is -0.186. The molecule has 1 amide bonds. The van der Waals surface area contributed by atoms with Crippen molar-refractivity contribution in [2.75, 3.05) is 5.32 Å². The number of aromatic nitrogens is 2. The second-order valence-corrected chi connectivity index (χ2v) is 9.57. The van der Waals surface area contributed by atoms with Gasteiger partial charge in [-0.25, -0.2) is 9.97 Å². The first-order chi connectivity index (χ1) is 16.5. The number of carbonyl (C=O) groups is 1. The van der Waals surface area contributed by atoms with E-state index < -0.39 is 0 Å². The highest BCUT2D eigenvalue weighted by Gasteiger charge is 2.17. The summed E-state index contributed by atoms with van der Waals surface area (Å²) in [4.78, 5) is 24.1. The molecule has 0 aliphatic carbocycles. The number of anilines is 1. The van der Waals surface area contributed by atoms with E-state index in [1.54, 1.807) is 0 Å². The van der Waals surface area contributed by atoms with Crippen LogP contribution in [0.25, 0.3) is 33.4 Å². The molecular weight excluding hydrogens is 438 g/mol. The quantitative estimate of drug-likeness (QED) is 0.294. The summed E-state index contributed by atoms with van der Waals surface area (Å²) in [5.74, 6) is -0.186. The van der Waals surface area contributed by atoms with Crippen molar-refractivity contribution < 1.29 is 4.79 Å². The summed E-state index contributed by atoms with van der Waals surface area (Å²) in [7, 11) is 0. The van der Waals surface area contributed by atoms with Gasteiger partial charge in [0.25, 0.3) is 5.91 Å². The summed E-state index contributed by atoms with van der Waals surface area (Å²) in [6.45, 7) is 6.23. The molecule has 0 spiro atoms. The Hall–Kier alpha value is -3.83. The first-order valence-corrected chi connectivity index (χ1v) is 12.2. The lowest BCUT2D eigenvalue weighted by molar-refractivity contribution is 0.102. The van der Waals surface area contributed by atoms with Gasteiger partial charge < -0.3 is 0 Å². The van der Waals surface area contributed by atoms with Gasteiger partial charge in [0.1, 0.15) is 0 Å². The van der Waals surface area contributed by atoms with Gasteiger partial charge in [-0.1, -0.05) is 73.2 Å². The number of rotatable bonds is 5. The van der Waals surface area contributed by atoms with Gasteiger partial charge in [0.05, 0.1) is 22.5 Å². The summed E-state index contributed by atoms with van der Waals surface area (Å²) >= 11 is 1.49. The van der Waals surface area contributed by atoms with Crippen LogP contribution >= 0.6 is 11.3 Å². The van der Waals surface area contributed by atoms with E-state index in [9.17, 15) is 4.79 Å². The predicted molar refractivity (Wildman–Crippen MR) is 142 cm³/mol. The van der Waals surface area contributed by atoms with Crippen LogP contribution in [-0.2, 0) is 6.42 Å². The average Bonchev–Trinajstić information content (AvgIpc) is 3.23. The fourth-order valence-corrected chi connectivity index (χ4v) is 4.93. The fourth-order valence-electron chi connectivity index (χ4n) is 4.10. The van der Waals surface area contributed by atoms with Gasteiger partial charge in [-0.05, 0) is 44.0 Å². The Labute approximate surface area is 203 Å². The van der Waals surface area contributed by atoms with E-state index in [0.717, 1.165) is 50.3 Å². The summed E-state index contributed by atoms with van der Waals surface area (Å²) in [6.07, 6.45) is 1.00. The van der Waals surface area contributed by atoms with Crippen LogP contribution in [0.5, 0.6) is 0 Å². The Bertz CT molecular complexity index is 1500. The lowest BCUT2D eigenvalue weighted by atomic mass is 10.0. The third kappa shape index (κ3) is 4.35. The molecule has 0 aliphatic rings. The highest BCUT2D eigenvalue weighted by atomic mass is 32.1. The van der Waals surface area contributed by atoms with Crippen molar-refractivity contribution in [2.45, 2.75) is 27.2 Å². The zero-order valence-corrected chi connectivity index (χ0v) is 20.2. The molecule has 2 aromatic heterocycles. The first kappa shape index (κ1) is 22.0. The van der Waals surface area contributed by atoms with Crippen LogP contribution in [0.4, 0.5) is 5.13 Å². The SMILES string of the molecule is CCc1ccc(-c2nc(NC(=O)c3cc(-c4cccc(C)c4)nc4ccccc34)sc2C)cc1. The number of aryl methyl sites for hydroxylation is 3. The molecule has 5 heteroatoms. The molecule has 0 radical (unpaired) electrons. The van der Waals surface area contributed by atoms with Gasteiger partial charge in [0.2, 0.25) is 0 Å². The molecule has 0 unspecified atom stereocenters. The Morgan fingerprint density at radius 2 is 1.68 bits per heavy atom. The number of hydrogen-bond acceptors (Lipinski definition) is 4. The van der Waals surface area contributed by atoms with Crippen molar-refractivity contribution in [3.63, 3.8) is 0 Å². The number of para-hydroxylation sites is 1. The van der Waals surface area contributed by atoms with Crippen LogP contribution in [0.3, 0.4) is 0 Å². The van der Waals surface area contributed by atoms with E-state index in [2.05, 4.69) is 55.6 Å². The molecule has 2 heterocycles. The topological polar surface area (TPSA) is 54.9 Å². The molecule has 168 valence electrons. The standard InChI is InChI=1S/C29H25N3OS/c1-4-20-12-14-21(15-13-20)27-19(3)34-29(31-27)32-28(33)24-17-26(22-9-7-8-18(2)16-22)30-25-11-6-5-10-23(24)25/h5-17H,4H2,1-3H3,(H,31,32,33). The van der Waals surface area contributed by atoms with Crippen LogP contribution in [0, 0.1) is 13.8 Å². The van der Waals surface area contributed by atoms with Crippen LogP contribution in [0.15, 0.2) is 78.9 Å². The van der Waals surface area contributed by atoms with E-state index >= 15 is 0 Å². The molecule has 0 fully saturated rings. The summed E-state index contributed by atoms with van der Waals surface area (Å²) < 4.78 is 0. The third-order valence-corrected chi connectivity index (χ3v) is 6.81. The number of thiazole rings is 1. The van der Waals surface area contributed by atoms with Gasteiger partial charge in [0.15, 0.2) is 5.13 Å². The van der Waals surface area contributed by atoms with Gasteiger partial charge in [-0.2, -0.15) is 0 Å². The second-order valence-electron chi connectivity index (χ2n) is 8.37. The molecule has 0 bridgehead atoms. The highest BCUT2D eigenvalue weighted by molar-refractivity contribution is 7.16. The van der Waals surface area contributed by atoms with Gasteiger partial charge >= 0.3 is 0 Å². The number of nitrogens with zero attached hydrogens (tertiary/aromatic N) is 2. The van der Waals surface area contributed by atoms with Crippen molar-refractivity contribution in [1.29, 1.82) is 0 Å². The lowest BCUT2D eigenvalue weighted by Crippen LogP contribution is -2.13. The third-order valence-electron chi connectivity index (χ3n) is 5.93. The maximum atomic E-state index is 13.4. The predicted octanol–water partition coefficient (Wildman–Crippen LogP) is 7.46. The van der Waals surface area contributed by atoms with E-state index in [-0.39, 0.29) is 5.91 Å². The minimum absolute atomic E-state index is 0.186. The van der Waals surface area contributed by atoms with Crippen molar-refractivity contribution in [2.24, 2.45) is 0 Å². The Morgan fingerprint density at radius 3 is 2.44 bits per heavy atom. The van der Waals surface area contributed by atoms with E-state index in [0.29, 0.717) is 10.7 Å². The molecule has 5 rings (SSSR count). The minimum Gasteiger partial charge on any atom is -0.298 e. The van der Waals surface area contributed by atoms with Crippen molar-refractivity contribution in [1.82, 2.24) is 9.97 Å². The van der Waals surface area contributed by atoms with Crippen molar-refractivity contribution in [3.05, 3.63) is 100 Å². The average molecular weight is 464 g/mol. The Morgan fingerprint density at radius 1 is 0.882 bits per heavy atom. The molecule has 4 nitrogen and oxygen atoms in total. The summed E-state index contributed by atoms with van der Waals surface area (Å²) in [6, 6.07) is 26.2. The van der Waals surface area contributed by atoms with Crippen LogP contribution in [0.2, 0.25) is 0 Å². The van der Waals surface area contributed by atoms with E-state index in [1.165, 1.54) is 16.9 Å². The molecule has 0 atom stereocenters. The zero-order valence-electron chi connectivity index (χ0n) is 19.4. The molecule has 3 aromatic carbocycles.